The van der Waals surface area contributed by atoms with Crippen molar-refractivity contribution in [3.63, 3.8) is 0 Å². The first kappa shape index (κ1) is 24.6. The van der Waals surface area contributed by atoms with Crippen molar-refractivity contribution in [3.8, 4) is 0 Å². The predicted molar refractivity (Wildman–Crippen MR) is 102 cm³/mol. The van der Waals surface area contributed by atoms with Crippen molar-refractivity contribution in [2.24, 2.45) is 0 Å². The predicted octanol–water partition coefficient (Wildman–Crippen LogP) is -0.658. The number of carbonyl (C=O) groups excluding carboxylic acids is 1. The Morgan fingerprint density at radius 1 is 1.33 bits per heavy atom. The van der Waals surface area contributed by atoms with Gasteiger partial charge in [0.05, 0.1) is 13.2 Å². The molecule has 1 aliphatic rings. The summed E-state index contributed by atoms with van der Waals surface area (Å²) in [6, 6.07) is 0. The number of hydrogen-bond acceptors (Lipinski definition) is 9. The van der Waals surface area contributed by atoms with Crippen molar-refractivity contribution in [3.05, 3.63) is 0 Å². The van der Waals surface area contributed by atoms with Gasteiger partial charge in [-0.05, 0) is 17.4 Å². The minimum atomic E-state index is -1.27. The van der Waals surface area contributed by atoms with E-state index in [0.29, 0.717) is 18.2 Å². The zero-order valence-electron chi connectivity index (χ0n) is 16.5. The number of hydroxylamine groups is 2. The van der Waals surface area contributed by atoms with Crippen molar-refractivity contribution >= 4 is 17.7 Å². The second-order valence-electron chi connectivity index (χ2n) is 6.68. The van der Waals surface area contributed by atoms with Gasteiger partial charge < -0.3 is 30.1 Å². The molecule has 0 spiro atoms. The molecule has 9 nitrogen and oxygen atoms in total. The molecule has 3 unspecified atom stereocenters. The zero-order valence-corrected chi connectivity index (χ0v) is 17.4. The Morgan fingerprint density at radius 2 is 2.04 bits per heavy atom. The van der Waals surface area contributed by atoms with Gasteiger partial charge in [-0.3, -0.25) is 9.63 Å². The molecule has 160 valence electrons. The van der Waals surface area contributed by atoms with E-state index in [1.54, 1.807) is 7.05 Å². The second kappa shape index (κ2) is 12.9. The molecule has 1 saturated heterocycles. The summed E-state index contributed by atoms with van der Waals surface area (Å²) < 4.78 is 10.7. The molecule has 0 saturated carbocycles. The maximum absolute atomic E-state index is 11.8. The van der Waals surface area contributed by atoms with Crippen LogP contribution in [-0.2, 0) is 19.1 Å². The van der Waals surface area contributed by atoms with E-state index in [0.717, 1.165) is 12.2 Å². The molecule has 1 amide bonds. The number of aliphatic hydroxyl groups excluding tert-OH is 3. The van der Waals surface area contributed by atoms with Gasteiger partial charge in [0.1, 0.15) is 24.4 Å². The first-order valence-electron chi connectivity index (χ1n) is 9.21. The van der Waals surface area contributed by atoms with Gasteiger partial charge in [-0.1, -0.05) is 13.8 Å². The van der Waals surface area contributed by atoms with Gasteiger partial charge in [-0.25, -0.2) is 0 Å². The number of nitrogens with one attached hydrogen (secondary N) is 1. The first-order valence-corrected chi connectivity index (χ1v) is 10.3. The highest BCUT2D eigenvalue weighted by atomic mass is 32.2. The minimum Gasteiger partial charge on any atom is -0.394 e. The lowest BCUT2D eigenvalue weighted by molar-refractivity contribution is -0.328. The number of amides is 1. The summed E-state index contributed by atoms with van der Waals surface area (Å²) in [6.07, 6.45) is -3.76. The average molecular weight is 411 g/mol. The van der Waals surface area contributed by atoms with Crippen molar-refractivity contribution < 1.29 is 34.4 Å². The normalized spacial score (nSPS) is 28.7. The fourth-order valence-corrected chi connectivity index (χ4v) is 3.53. The average Bonchev–Trinajstić information content (AvgIpc) is 2.63. The number of methoxy groups -OCH3 is 1. The van der Waals surface area contributed by atoms with Gasteiger partial charge in [-0.2, -0.15) is 16.8 Å². The van der Waals surface area contributed by atoms with Crippen LogP contribution in [-0.4, -0.2) is 102 Å². The van der Waals surface area contributed by atoms with Crippen LogP contribution in [0.1, 0.15) is 26.7 Å². The highest BCUT2D eigenvalue weighted by Gasteiger charge is 2.46. The second-order valence-corrected chi connectivity index (χ2v) is 8.37. The number of thioether (sulfide) groups is 1. The van der Waals surface area contributed by atoms with E-state index in [1.807, 2.05) is 11.8 Å². The third-order valence-electron chi connectivity index (χ3n) is 4.19. The van der Waals surface area contributed by atoms with Crippen LogP contribution in [0.5, 0.6) is 0 Å². The molecular weight excluding hydrogens is 376 g/mol. The van der Waals surface area contributed by atoms with Crippen LogP contribution in [0.25, 0.3) is 0 Å². The van der Waals surface area contributed by atoms with Gasteiger partial charge in [0, 0.05) is 27.1 Å². The molecule has 0 aromatic rings. The monoisotopic (exact) mass is 410 g/mol. The summed E-state index contributed by atoms with van der Waals surface area (Å²) in [7, 11) is 2.92. The van der Waals surface area contributed by atoms with E-state index in [-0.39, 0.29) is 19.1 Å². The van der Waals surface area contributed by atoms with E-state index in [4.69, 9.17) is 14.3 Å². The van der Waals surface area contributed by atoms with Crippen LogP contribution in [0, 0.1) is 0 Å². The number of ether oxygens (including phenoxy) is 2. The summed E-state index contributed by atoms with van der Waals surface area (Å²) in [4.78, 5) is 17.2. The molecule has 0 aliphatic carbocycles. The van der Waals surface area contributed by atoms with Crippen LogP contribution in [0.4, 0.5) is 0 Å². The topological polar surface area (TPSA) is 121 Å². The van der Waals surface area contributed by atoms with E-state index in [2.05, 4.69) is 19.2 Å². The number of carbonyl (C=O) groups is 1. The van der Waals surface area contributed by atoms with Crippen LogP contribution in [0.2, 0.25) is 0 Å². The Bertz CT molecular complexity index is 428. The number of likely N-dealkylation sites (N-methyl/N-ethyl adjacent to an activating group) is 1. The minimum absolute atomic E-state index is 0.0294. The Balaban J connectivity index is 2.29. The molecule has 1 heterocycles. The number of nitrogens with zero attached hydrogens (tertiary/aromatic N) is 1. The van der Waals surface area contributed by atoms with E-state index < -0.39 is 30.6 Å². The lowest BCUT2D eigenvalue weighted by Crippen LogP contribution is -2.63. The number of aliphatic hydroxyl groups is 3. The Morgan fingerprint density at radius 3 is 2.63 bits per heavy atom. The van der Waals surface area contributed by atoms with Crippen LogP contribution < -0.4 is 5.32 Å². The fraction of sp³-hybridized carbons (Fsp3) is 0.941. The third-order valence-corrected chi connectivity index (χ3v) is 5.38. The Kier molecular flexibility index (Phi) is 11.7. The molecule has 1 aliphatic heterocycles. The molecule has 0 radical (unpaired) electrons. The maximum atomic E-state index is 11.8. The van der Waals surface area contributed by atoms with Crippen LogP contribution in [0.15, 0.2) is 0 Å². The van der Waals surface area contributed by atoms with Gasteiger partial charge in [-0.15, -0.1) is 0 Å². The van der Waals surface area contributed by atoms with E-state index in [9.17, 15) is 20.1 Å². The molecule has 5 atom stereocenters. The Labute approximate surface area is 165 Å². The molecule has 0 bridgehead atoms. The summed E-state index contributed by atoms with van der Waals surface area (Å²) in [6.45, 7) is 4.39. The standard InChI is InChI=1S/C17H34N2O7S/c1-11(2)27-9-5-6-13(21)18-7-8-25-19(3)17-15(23)14(22)16(24-4)12(10-20)26-17/h11-12,14-17,20,22-23H,5-10H2,1-4H3,(H,18,21)/t12?,14?,15?,16-,17-/m1/s1. The Hall–Kier alpha value is -0.460. The molecule has 1 fully saturated rings. The number of hydrogen-bond donors (Lipinski definition) is 4. The highest BCUT2D eigenvalue weighted by Crippen LogP contribution is 2.24. The fourth-order valence-electron chi connectivity index (χ4n) is 2.75. The van der Waals surface area contributed by atoms with Crippen molar-refractivity contribution in [2.45, 2.75) is 62.6 Å². The summed E-state index contributed by atoms with van der Waals surface area (Å²) in [5.74, 6) is 0.927. The zero-order chi connectivity index (χ0) is 20.4. The molecule has 27 heavy (non-hydrogen) atoms. The molecule has 1 rings (SSSR count). The summed E-state index contributed by atoms with van der Waals surface area (Å²) >= 11 is 1.83. The summed E-state index contributed by atoms with van der Waals surface area (Å²) in [5.41, 5.74) is 0. The number of rotatable bonds is 12. The molecule has 0 aromatic heterocycles. The van der Waals surface area contributed by atoms with Gasteiger partial charge in [0.25, 0.3) is 0 Å². The summed E-state index contributed by atoms with van der Waals surface area (Å²) in [5, 5.41) is 34.3. The van der Waals surface area contributed by atoms with Gasteiger partial charge in [0.2, 0.25) is 5.91 Å². The first-order chi connectivity index (χ1) is 12.8. The molecule has 10 heteroatoms. The van der Waals surface area contributed by atoms with Crippen LogP contribution in [0.3, 0.4) is 0 Å². The van der Waals surface area contributed by atoms with Crippen LogP contribution >= 0.6 is 11.8 Å². The smallest absolute Gasteiger partial charge is 0.220 e. The lowest BCUT2D eigenvalue weighted by atomic mass is 9.98. The molecule has 4 N–H and O–H groups in total. The highest BCUT2D eigenvalue weighted by molar-refractivity contribution is 7.99. The maximum Gasteiger partial charge on any atom is 0.220 e. The van der Waals surface area contributed by atoms with Gasteiger partial charge >= 0.3 is 0 Å². The largest absolute Gasteiger partial charge is 0.394 e. The lowest BCUT2D eigenvalue weighted by Gasteiger charge is -2.44. The van der Waals surface area contributed by atoms with E-state index in [1.165, 1.54) is 12.2 Å². The van der Waals surface area contributed by atoms with E-state index >= 15 is 0 Å². The quantitative estimate of drug-likeness (QED) is 0.245. The molecule has 0 aromatic carbocycles. The van der Waals surface area contributed by atoms with Gasteiger partial charge in [0.15, 0.2) is 6.23 Å². The van der Waals surface area contributed by atoms with Crippen molar-refractivity contribution in [1.82, 2.24) is 10.4 Å². The van der Waals surface area contributed by atoms with Crippen molar-refractivity contribution in [2.75, 3.05) is 39.7 Å². The van der Waals surface area contributed by atoms with Crippen molar-refractivity contribution in [1.29, 1.82) is 0 Å². The SMILES string of the molecule is CO[C@@H]1C(CO)O[C@@H](N(C)OCCNC(=O)CCCSC(C)C)C(O)C1O. The molecular formula is C17H34N2O7S. The third kappa shape index (κ3) is 8.20.